The van der Waals surface area contributed by atoms with Crippen LogP contribution >= 0.6 is 0 Å². The summed E-state index contributed by atoms with van der Waals surface area (Å²) in [5.41, 5.74) is 0. The van der Waals surface area contributed by atoms with Crippen molar-refractivity contribution >= 4 is 5.78 Å². The van der Waals surface area contributed by atoms with Gasteiger partial charge in [0, 0.05) is 25.1 Å². The summed E-state index contributed by atoms with van der Waals surface area (Å²) in [6.07, 6.45) is 7.05. The zero-order valence-electron chi connectivity index (χ0n) is 11.1. The maximum absolute atomic E-state index is 12.2. The quantitative estimate of drug-likeness (QED) is 0.775. The summed E-state index contributed by atoms with van der Waals surface area (Å²) in [5, 5.41) is 9.17. The molecule has 0 bridgehead atoms. The van der Waals surface area contributed by atoms with Crippen LogP contribution in [0.3, 0.4) is 0 Å². The molecule has 4 heteroatoms. The van der Waals surface area contributed by atoms with Gasteiger partial charge in [-0.2, -0.15) is 0 Å². The third-order valence-electron chi connectivity index (χ3n) is 4.22. The lowest BCUT2D eigenvalue weighted by atomic mass is 9.93. The molecule has 2 aliphatic rings. The molecular weight excluding hydrogens is 230 g/mol. The highest BCUT2D eigenvalue weighted by Gasteiger charge is 2.28. The van der Waals surface area contributed by atoms with Gasteiger partial charge in [-0.15, -0.1) is 0 Å². The number of carbonyl (C=O) groups is 1. The average molecular weight is 255 g/mol. The fourth-order valence-electron chi connectivity index (χ4n) is 3.08. The van der Waals surface area contributed by atoms with Crippen LogP contribution in [0.4, 0.5) is 0 Å². The smallest absolute Gasteiger partial charge is 0.152 e. The van der Waals surface area contributed by atoms with Crippen LogP contribution in [0.2, 0.25) is 0 Å². The van der Waals surface area contributed by atoms with Gasteiger partial charge in [-0.3, -0.25) is 9.69 Å². The van der Waals surface area contributed by atoms with Gasteiger partial charge in [0.25, 0.3) is 0 Å². The van der Waals surface area contributed by atoms with Crippen LogP contribution in [0.25, 0.3) is 0 Å². The number of hydrogen-bond acceptors (Lipinski definition) is 4. The van der Waals surface area contributed by atoms with E-state index in [0.29, 0.717) is 31.5 Å². The van der Waals surface area contributed by atoms with E-state index in [2.05, 4.69) is 4.90 Å². The van der Waals surface area contributed by atoms with Gasteiger partial charge in [0.05, 0.1) is 19.8 Å². The molecule has 1 atom stereocenters. The second kappa shape index (κ2) is 7.22. The zero-order chi connectivity index (χ0) is 12.8. The van der Waals surface area contributed by atoms with Gasteiger partial charge in [0.2, 0.25) is 0 Å². The van der Waals surface area contributed by atoms with E-state index in [9.17, 15) is 4.79 Å². The Morgan fingerprint density at radius 1 is 1.22 bits per heavy atom. The standard InChI is InChI=1S/C14H25NO3/c16-8-7-15(13-4-2-1-3-5-13)10-14(17)12-6-9-18-11-12/h12-13,16H,1-11H2. The van der Waals surface area contributed by atoms with E-state index < -0.39 is 0 Å². The second-order valence-electron chi connectivity index (χ2n) is 5.51. The number of carbonyl (C=O) groups excluding carboxylic acids is 1. The number of ketones is 1. The van der Waals surface area contributed by atoms with Crippen LogP contribution in [-0.2, 0) is 9.53 Å². The summed E-state index contributed by atoms with van der Waals surface area (Å²) in [6, 6.07) is 0.497. The molecule has 2 fully saturated rings. The minimum Gasteiger partial charge on any atom is -0.395 e. The molecule has 1 aliphatic carbocycles. The van der Waals surface area contributed by atoms with Gasteiger partial charge in [0.15, 0.2) is 5.78 Å². The number of hydrogen-bond donors (Lipinski definition) is 1. The lowest BCUT2D eigenvalue weighted by molar-refractivity contribution is -0.124. The van der Waals surface area contributed by atoms with Gasteiger partial charge in [-0.25, -0.2) is 0 Å². The summed E-state index contributed by atoms with van der Waals surface area (Å²) in [7, 11) is 0. The molecule has 0 aromatic carbocycles. The molecule has 0 aromatic heterocycles. The molecule has 1 N–H and O–H groups in total. The Labute approximate surface area is 109 Å². The number of aliphatic hydroxyl groups is 1. The van der Waals surface area contributed by atoms with Gasteiger partial charge >= 0.3 is 0 Å². The number of ether oxygens (including phenoxy) is 1. The Kier molecular flexibility index (Phi) is 5.60. The number of nitrogens with zero attached hydrogens (tertiary/aromatic N) is 1. The summed E-state index contributed by atoms with van der Waals surface area (Å²) in [4.78, 5) is 14.4. The molecule has 18 heavy (non-hydrogen) atoms. The van der Waals surface area contributed by atoms with Crippen molar-refractivity contribution in [3.63, 3.8) is 0 Å². The number of aliphatic hydroxyl groups excluding tert-OH is 1. The molecule has 4 nitrogen and oxygen atoms in total. The summed E-state index contributed by atoms with van der Waals surface area (Å²) < 4.78 is 5.28. The molecule has 1 aliphatic heterocycles. The van der Waals surface area contributed by atoms with E-state index in [1.54, 1.807) is 0 Å². The maximum Gasteiger partial charge on any atom is 0.152 e. The Balaban J connectivity index is 1.85. The van der Waals surface area contributed by atoms with Gasteiger partial charge in [-0.05, 0) is 19.3 Å². The minimum atomic E-state index is 0.0924. The highest BCUT2D eigenvalue weighted by Crippen LogP contribution is 2.23. The van der Waals surface area contributed by atoms with Crippen molar-refractivity contribution in [1.82, 2.24) is 4.90 Å². The summed E-state index contributed by atoms with van der Waals surface area (Å²) in [6.45, 7) is 2.59. The fourth-order valence-corrected chi connectivity index (χ4v) is 3.08. The van der Waals surface area contributed by atoms with E-state index in [0.717, 1.165) is 13.0 Å². The number of rotatable bonds is 6. The molecule has 1 saturated carbocycles. The normalized spacial score (nSPS) is 25.8. The summed E-state index contributed by atoms with van der Waals surface area (Å²) >= 11 is 0. The van der Waals surface area contributed by atoms with E-state index >= 15 is 0 Å². The number of Topliss-reactive ketones (excluding diaryl/α,β-unsaturated/α-hetero) is 1. The molecule has 2 rings (SSSR count). The summed E-state index contributed by atoms with van der Waals surface area (Å²) in [5.74, 6) is 0.390. The van der Waals surface area contributed by atoms with Crippen LogP contribution in [0.5, 0.6) is 0 Å². The molecular formula is C14H25NO3. The van der Waals surface area contributed by atoms with Crippen molar-refractivity contribution in [2.24, 2.45) is 5.92 Å². The van der Waals surface area contributed by atoms with Gasteiger partial charge in [0.1, 0.15) is 0 Å². The van der Waals surface area contributed by atoms with Crippen LogP contribution in [0.1, 0.15) is 38.5 Å². The lowest BCUT2D eigenvalue weighted by Gasteiger charge is -2.33. The molecule has 0 radical (unpaired) electrons. The minimum absolute atomic E-state index is 0.0924. The highest BCUT2D eigenvalue weighted by atomic mass is 16.5. The van der Waals surface area contributed by atoms with E-state index in [-0.39, 0.29) is 12.5 Å². The highest BCUT2D eigenvalue weighted by molar-refractivity contribution is 5.83. The second-order valence-corrected chi connectivity index (χ2v) is 5.51. The topological polar surface area (TPSA) is 49.8 Å². The van der Waals surface area contributed by atoms with Gasteiger partial charge in [-0.1, -0.05) is 19.3 Å². The van der Waals surface area contributed by atoms with E-state index in [1.807, 2.05) is 0 Å². The monoisotopic (exact) mass is 255 g/mol. The van der Waals surface area contributed by atoms with Crippen molar-refractivity contribution in [3.8, 4) is 0 Å². The van der Waals surface area contributed by atoms with Crippen molar-refractivity contribution in [1.29, 1.82) is 0 Å². The fraction of sp³-hybridized carbons (Fsp3) is 0.929. The third kappa shape index (κ3) is 3.77. The van der Waals surface area contributed by atoms with Gasteiger partial charge < -0.3 is 9.84 Å². The molecule has 104 valence electrons. The zero-order valence-corrected chi connectivity index (χ0v) is 11.1. The Morgan fingerprint density at radius 3 is 2.61 bits per heavy atom. The van der Waals surface area contributed by atoms with Crippen LogP contribution in [0, 0.1) is 5.92 Å². The SMILES string of the molecule is O=C(CN(CCO)C1CCCCC1)C1CCOC1. The molecule has 0 spiro atoms. The molecule has 0 amide bonds. The van der Waals surface area contributed by atoms with Crippen molar-refractivity contribution in [2.75, 3.05) is 32.9 Å². The van der Waals surface area contributed by atoms with Crippen molar-refractivity contribution in [3.05, 3.63) is 0 Å². The lowest BCUT2D eigenvalue weighted by Crippen LogP contribution is -2.43. The van der Waals surface area contributed by atoms with Crippen LogP contribution in [-0.4, -0.2) is 54.7 Å². The Hall–Kier alpha value is -0.450. The third-order valence-corrected chi connectivity index (χ3v) is 4.22. The predicted molar refractivity (Wildman–Crippen MR) is 69.5 cm³/mol. The van der Waals surface area contributed by atoms with E-state index in [1.165, 1.54) is 32.1 Å². The van der Waals surface area contributed by atoms with Crippen molar-refractivity contribution < 1.29 is 14.6 Å². The predicted octanol–water partition coefficient (Wildman–Crippen LogP) is 1.22. The van der Waals surface area contributed by atoms with Crippen LogP contribution in [0.15, 0.2) is 0 Å². The van der Waals surface area contributed by atoms with Crippen LogP contribution < -0.4 is 0 Å². The Bertz CT molecular complexity index is 258. The van der Waals surface area contributed by atoms with E-state index in [4.69, 9.17) is 9.84 Å². The largest absolute Gasteiger partial charge is 0.395 e. The molecule has 1 saturated heterocycles. The Morgan fingerprint density at radius 2 is 2.00 bits per heavy atom. The van der Waals surface area contributed by atoms with Crippen molar-refractivity contribution in [2.45, 2.75) is 44.6 Å². The maximum atomic E-state index is 12.2. The first kappa shape index (κ1) is 14.0. The molecule has 0 aromatic rings. The molecule has 1 unspecified atom stereocenters. The molecule has 1 heterocycles. The first-order valence-corrected chi connectivity index (χ1v) is 7.26. The first-order valence-electron chi connectivity index (χ1n) is 7.26. The first-order chi connectivity index (χ1) is 8.81. The average Bonchev–Trinajstić information content (AvgIpc) is 2.93.